The number of nitrogens with one attached hydrogen (secondary N) is 1. The second-order valence-corrected chi connectivity index (χ2v) is 7.27. The lowest BCUT2D eigenvalue weighted by Crippen LogP contribution is -2.46. The Labute approximate surface area is 152 Å². The molecule has 0 aliphatic rings. The molecule has 0 aliphatic heterocycles. The van der Waals surface area contributed by atoms with Gasteiger partial charge in [-0.2, -0.15) is 5.10 Å². The maximum Gasteiger partial charge on any atom is 0.263 e. The number of amides is 1. The molecule has 0 saturated carbocycles. The van der Waals surface area contributed by atoms with Crippen LogP contribution in [0.3, 0.4) is 0 Å². The number of sulfonamides is 1. The molecule has 9 heteroatoms. The molecule has 0 saturated heterocycles. The van der Waals surface area contributed by atoms with Gasteiger partial charge in [-0.15, -0.1) is 0 Å². The van der Waals surface area contributed by atoms with Gasteiger partial charge < -0.3 is 9.15 Å². The van der Waals surface area contributed by atoms with Gasteiger partial charge in [0.15, 0.2) is 0 Å². The van der Waals surface area contributed by atoms with Crippen LogP contribution in [0.2, 0.25) is 0 Å². The van der Waals surface area contributed by atoms with Crippen molar-refractivity contribution in [3.8, 4) is 5.75 Å². The quantitative estimate of drug-likeness (QED) is 0.558. The van der Waals surface area contributed by atoms with Crippen molar-refractivity contribution >= 4 is 27.8 Å². The Bertz CT molecular complexity index is 845. The van der Waals surface area contributed by atoms with Gasteiger partial charge in [0.05, 0.1) is 31.0 Å². The second-order valence-electron chi connectivity index (χ2n) is 5.41. The minimum atomic E-state index is -3.69. The average molecular weight is 379 g/mol. The molecule has 1 amide bonds. The van der Waals surface area contributed by atoms with Crippen molar-refractivity contribution in [3.63, 3.8) is 0 Å². The van der Waals surface area contributed by atoms with Crippen molar-refractivity contribution in [2.45, 2.75) is 19.9 Å². The third-order valence-corrected chi connectivity index (χ3v) is 4.64. The predicted octanol–water partition coefficient (Wildman–Crippen LogP) is 1.98. The zero-order valence-corrected chi connectivity index (χ0v) is 15.6. The van der Waals surface area contributed by atoms with Gasteiger partial charge in [0.25, 0.3) is 5.91 Å². The fourth-order valence-corrected chi connectivity index (χ4v) is 3.46. The van der Waals surface area contributed by atoms with Crippen molar-refractivity contribution in [1.29, 1.82) is 0 Å². The van der Waals surface area contributed by atoms with E-state index in [0.29, 0.717) is 23.8 Å². The lowest BCUT2D eigenvalue weighted by Gasteiger charge is -2.27. The molecule has 0 bridgehead atoms. The zero-order chi connectivity index (χ0) is 19.2. The summed E-state index contributed by atoms with van der Waals surface area (Å²) in [6, 6.07) is 8.82. The van der Waals surface area contributed by atoms with Crippen molar-refractivity contribution in [3.05, 3.63) is 48.4 Å². The van der Waals surface area contributed by atoms with Crippen LogP contribution in [-0.2, 0) is 14.8 Å². The number of carbonyl (C=O) groups excluding carboxylic acids is 1. The number of furan rings is 1. The first-order valence-corrected chi connectivity index (χ1v) is 9.76. The molecular formula is C17H21N3O5S. The number of anilines is 1. The standard InChI is InChI=1S/C17H21N3O5S/c1-4-24-15-9-7-14(8-10-15)20(26(3,22)23)13(2)17(21)19-18-12-16-6-5-11-25-16/h5-13H,4H2,1-3H3,(H,19,21)/b18-12+. The summed E-state index contributed by atoms with van der Waals surface area (Å²) in [7, 11) is -3.69. The molecule has 26 heavy (non-hydrogen) atoms. The van der Waals surface area contributed by atoms with E-state index >= 15 is 0 Å². The van der Waals surface area contributed by atoms with Crippen LogP contribution in [0.5, 0.6) is 5.75 Å². The van der Waals surface area contributed by atoms with E-state index in [1.165, 1.54) is 19.4 Å². The largest absolute Gasteiger partial charge is 0.494 e. The minimum absolute atomic E-state index is 0.355. The number of hydrazone groups is 1. The van der Waals surface area contributed by atoms with Crippen LogP contribution in [0, 0.1) is 0 Å². The number of rotatable bonds is 8. The Hall–Kier alpha value is -2.81. The van der Waals surface area contributed by atoms with Gasteiger partial charge in [0.2, 0.25) is 10.0 Å². The molecular weight excluding hydrogens is 358 g/mol. The molecule has 2 aromatic rings. The Kier molecular flexibility index (Phi) is 6.40. The number of hydrogen-bond acceptors (Lipinski definition) is 6. The first-order valence-electron chi connectivity index (χ1n) is 7.91. The van der Waals surface area contributed by atoms with E-state index in [9.17, 15) is 13.2 Å². The van der Waals surface area contributed by atoms with Crippen LogP contribution in [0.15, 0.2) is 52.2 Å². The third-order valence-electron chi connectivity index (χ3n) is 3.40. The van der Waals surface area contributed by atoms with Gasteiger partial charge in [0, 0.05) is 0 Å². The molecule has 1 atom stereocenters. The highest BCUT2D eigenvalue weighted by molar-refractivity contribution is 7.92. The molecule has 1 unspecified atom stereocenters. The summed E-state index contributed by atoms with van der Waals surface area (Å²) in [5.74, 6) is 0.501. The maximum atomic E-state index is 12.3. The number of nitrogens with zero attached hydrogens (tertiary/aromatic N) is 2. The Morgan fingerprint density at radius 3 is 2.58 bits per heavy atom. The number of ether oxygens (including phenoxy) is 1. The van der Waals surface area contributed by atoms with Gasteiger partial charge in [-0.25, -0.2) is 13.8 Å². The third kappa shape index (κ3) is 5.09. The number of carbonyl (C=O) groups is 1. The van der Waals surface area contributed by atoms with E-state index in [0.717, 1.165) is 10.6 Å². The average Bonchev–Trinajstić information content (AvgIpc) is 3.09. The second kappa shape index (κ2) is 8.52. The molecule has 0 aliphatic carbocycles. The molecule has 1 aromatic heterocycles. The summed E-state index contributed by atoms with van der Waals surface area (Å²) in [6.45, 7) is 3.84. The van der Waals surface area contributed by atoms with Gasteiger partial charge in [-0.05, 0) is 50.2 Å². The van der Waals surface area contributed by atoms with Gasteiger partial charge in [-0.1, -0.05) is 0 Å². The highest BCUT2D eigenvalue weighted by atomic mass is 32.2. The monoisotopic (exact) mass is 379 g/mol. The highest BCUT2D eigenvalue weighted by Gasteiger charge is 2.29. The SMILES string of the molecule is CCOc1ccc(N(C(C)C(=O)N/N=C/c2ccco2)S(C)(=O)=O)cc1. The molecule has 8 nitrogen and oxygen atoms in total. The van der Waals surface area contributed by atoms with Crippen LogP contribution in [-0.4, -0.2) is 39.4 Å². The summed E-state index contributed by atoms with van der Waals surface area (Å²) < 4.78 is 35.9. The smallest absolute Gasteiger partial charge is 0.263 e. The summed E-state index contributed by atoms with van der Waals surface area (Å²) in [4.78, 5) is 12.3. The normalized spacial score (nSPS) is 12.7. The van der Waals surface area contributed by atoms with Crippen molar-refractivity contribution < 1.29 is 22.4 Å². The van der Waals surface area contributed by atoms with E-state index in [1.54, 1.807) is 36.4 Å². The van der Waals surface area contributed by atoms with Crippen molar-refractivity contribution in [2.24, 2.45) is 5.10 Å². The van der Waals surface area contributed by atoms with Gasteiger partial charge >= 0.3 is 0 Å². The molecule has 1 aromatic carbocycles. The topological polar surface area (TPSA) is 101 Å². The fourth-order valence-electron chi connectivity index (χ4n) is 2.28. The summed E-state index contributed by atoms with van der Waals surface area (Å²) >= 11 is 0. The fraction of sp³-hybridized carbons (Fsp3) is 0.294. The Morgan fingerprint density at radius 1 is 1.35 bits per heavy atom. The zero-order valence-electron chi connectivity index (χ0n) is 14.7. The molecule has 0 fully saturated rings. The van der Waals surface area contributed by atoms with Crippen LogP contribution in [0.25, 0.3) is 0 Å². The first-order chi connectivity index (χ1) is 12.3. The summed E-state index contributed by atoms with van der Waals surface area (Å²) in [5, 5.41) is 3.77. The van der Waals surface area contributed by atoms with E-state index in [2.05, 4.69) is 10.5 Å². The van der Waals surface area contributed by atoms with E-state index in [-0.39, 0.29) is 0 Å². The van der Waals surface area contributed by atoms with Crippen LogP contribution in [0.1, 0.15) is 19.6 Å². The molecule has 0 spiro atoms. The van der Waals surface area contributed by atoms with Crippen LogP contribution >= 0.6 is 0 Å². The lowest BCUT2D eigenvalue weighted by atomic mass is 10.2. The van der Waals surface area contributed by atoms with Crippen LogP contribution in [0.4, 0.5) is 5.69 Å². The molecule has 0 radical (unpaired) electrons. The molecule has 1 N–H and O–H groups in total. The molecule has 140 valence electrons. The summed E-state index contributed by atoms with van der Waals surface area (Å²) in [5.41, 5.74) is 2.67. The van der Waals surface area contributed by atoms with E-state index < -0.39 is 22.0 Å². The Morgan fingerprint density at radius 2 is 2.04 bits per heavy atom. The van der Waals surface area contributed by atoms with Gasteiger partial charge in [0.1, 0.15) is 17.6 Å². The number of hydrogen-bond donors (Lipinski definition) is 1. The van der Waals surface area contributed by atoms with E-state index in [1.807, 2.05) is 6.92 Å². The van der Waals surface area contributed by atoms with Crippen molar-refractivity contribution in [1.82, 2.24) is 5.43 Å². The van der Waals surface area contributed by atoms with Crippen molar-refractivity contribution in [2.75, 3.05) is 17.2 Å². The first kappa shape index (κ1) is 19.5. The highest BCUT2D eigenvalue weighted by Crippen LogP contribution is 2.24. The van der Waals surface area contributed by atoms with E-state index in [4.69, 9.17) is 9.15 Å². The van der Waals surface area contributed by atoms with Crippen LogP contribution < -0.4 is 14.5 Å². The molecule has 2 rings (SSSR count). The lowest BCUT2D eigenvalue weighted by molar-refractivity contribution is -0.121. The summed E-state index contributed by atoms with van der Waals surface area (Å²) in [6.07, 6.45) is 3.84. The predicted molar refractivity (Wildman–Crippen MR) is 98.8 cm³/mol. The maximum absolute atomic E-state index is 12.3. The Balaban J connectivity index is 2.16. The molecule has 1 heterocycles. The minimum Gasteiger partial charge on any atom is -0.494 e. The van der Waals surface area contributed by atoms with Gasteiger partial charge in [-0.3, -0.25) is 9.10 Å². The number of benzene rings is 1.